The Labute approximate surface area is 115 Å². The number of carbonyl (C=O) groups is 1. The van der Waals surface area contributed by atoms with Crippen LogP contribution in [0.15, 0.2) is 5.16 Å². The van der Waals surface area contributed by atoms with E-state index in [9.17, 15) is 4.79 Å². The predicted octanol–water partition coefficient (Wildman–Crippen LogP) is 1.42. The first kappa shape index (κ1) is 17.7. The van der Waals surface area contributed by atoms with E-state index in [1.807, 2.05) is 34.6 Å². The van der Waals surface area contributed by atoms with Gasteiger partial charge in [0, 0.05) is 19.5 Å². The molecule has 6 heteroatoms. The van der Waals surface area contributed by atoms with Gasteiger partial charge in [-0.15, -0.1) is 0 Å². The Morgan fingerprint density at radius 2 is 2.00 bits per heavy atom. The van der Waals surface area contributed by atoms with Crippen molar-refractivity contribution in [1.82, 2.24) is 4.90 Å². The summed E-state index contributed by atoms with van der Waals surface area (Å²) in [6.07, 6.45) is 0.352. The summed E-state index contributed by atoms with van der Waals surface area (Å²) < 4.78 is 5.48. The van der Waals surface area contributed by atoms with Crippen LogP contribution in [0.3, 0.4) is 0 Å². The van der Waals surface area contributed by atoms with Gasteiger partial charge in [-0.05, 0) is 26.7 Å². The van der Waals surface area contributed by atoms with Crippen molar-refractivity contribution >= 4 is 11.7 Å². The van der Waals surface area contributed by atoms with Crippen molar-refractivity contribution in [3.8, 4) is 0 Å². The largest absolute Gasteiger partial charge is 0.409 e. The molecular formula is C13H27N3O3. The van der Waals surface area contributed by atoms with E-state index >= 15 is 0 Å². The summed E-state index contributed by atoms with van der Waals surface area (Å²) >= 11 is 0. The third-order valence-corrected chi connectivity index (χ3v) is 2.33. The number of hydrogen-bond donors (Lipinski definition) is 2. The molecule has 0 aliphatic carbocycles. The smallest absolute Gasteiger partial charge is 0.248 e. The van der Waals surface area contributed by atoms with Crippen LogP contribution in [0.1, 0.15) is 41.0 Å². The summed E-state index contributed by atoms with van der Waals surface area (Å²) in [6.45, 7) is 10.9. The van der Waals surface area contributed by atoms with Gasteiger partial charge in [-0.3, -0.25) is 4.79 Å². The molecule has 0 aromatic heterocycles. The highest BCUT2D eigenvalue weighted by Gasteiger charge is 2.19. The van der Waals surface area contributed by atoms with E-state index in [0.29, 0.717) is 25.4 Å². The van der Waals surface area contributed by atoms with Crippen molar-refractivity contribution in [3.63, 3.8) is 0 Å². The van der Waals surface area contributed by atoms with E-state index in [1.165, 1.54) is 0 Å². The molecule has 0 saturated carbocycles. The molecule has 0 aliphatic rings. The predicted molar refractivity (Wildman–Crippen MR) is 75.1 cm³/mol. The number of amidine groups is 1. The third kappa shape index (κ3) is 9.30. The van der Waals surface area contributed by atoms with Gasteiger partial charge in [0.05, 0.1) is 5.60 Å². The fourth-order valence-corrected chi connectivity index (χ4v) is 1.43. The van der Waals surface area contributed by atoms with Crippen LogP contribution in [-0.4, -0.2) is 47.1 Å². The van der Waals surface area contributed by atoms with Crippen molar-refractivity contribution in [1.29, 1.82) is 0 Å². The summed E-state index contributed by atoms with van der Waals surface area (Å²) in [5, 5.41) is 11.4. The van der Waals surface area contributed by atoms with Crippen LogP contribution >= 0.6 is 0 Å². The first-order valence-electron chi connectivity index (χ1n) is 6.54. The van der Waals surface area contributed by atoms with Gasteiger partial charge in [-0.25, -0.2) is 0 Å². The second kappa shape index (κ2) is 7.99. The number of hydrogen-bond acceptors (Lipinski definition) is 4. The lowest BCUT2D eigenvalue weighted by Crippen LogP contribution is -2.40. The van der Waals surface area contributed by atoms with Crippen LogP contribution in [0, 0.1) is 5.92 Å². The third-order valence-electron chi connectivity index (χ3n) is 2.33. The number of amides is 1. The van der Waals surface area contributed by atoms with Crippen LogP contribution in [-0.2, 0) is 9.53 Å². The van der Waals surface area contributed by atoms with Gasteiger partial charge in [-0.2, -0.15) is 0 Å². The molecule has 3 N–H and O–H groups in total. The minimum atomic E-state index is -0.343. The molecule has 19 heavy (non-hydrogen) atoms. The maximum Gasteiger partial charge on any atom is 0.248 e. The van der Waals surface area contributed by atoms with Crippen molar-refractivity contribution in [3.05, 3.63) is 0 Å². The second-order valence-electron chi connectivity index (χ2n) is 5.98. The zero-order valence-electron chi connectivity index (χ0n) is 12.6. The lowest BCUT2D eigenvalue weighted by atomic mass is 10.2. The summed E-state index contributed by atoms with van der Waals surface area (Å²) in [4.78, 5) is 13.8. The second-order valence-corrected chi connectivity index (χ2v) is 5.98. The van der Waals surface area contributed by atoms with Crippen molar-refractivity contribution in [2.24, 2.45) is 16.8 Å². The minimum absolute atomic E-state index is 0.0480. The molecule has 6 nitrogen and oxygen atoms in total. The molecule has 0 heterocycles. The molecule has 0 bridgehead atoms. The van der Waals surface area contributed by atoms with E-state index in [2.05, 4.69) is 5.16 Å². The Bertz CT molecular complexity index is 309. The first-order valence-corrected chi connectivity index (χ1v) is 6.54. The van der Waals surface area contributed by atoms with Gasteiger partial charge in [0.25, 0.3) is 0 Å². The number of carbonyl (C=O) groups excluding carboxylic acids is 1. The maximum atomic E-state index is 12.1. The zero-order chi connectivity index (χ0) is 15.1. The average Bonchev–Trinajstić information content (AvgIpc) is 2.29. The van der Waals surface area contributed by atoms with E-state index in [1.54, 1.807) is 4.90 Å². The van der Waals surface area contributed by atoms with Crippen LogP contribution in [0.5, 0.6) is 0 Å². The molecule has 0 spiro atoms. The zero-order valence-corrected chi connectivity index (χ0v) is 12.6. The van der Waals surface area contributed by atoms with Gasteiger partial charge in [0.1, 0.15) is 12.4 Å². The highest BCUT2D eigenvalue weighted by atomic mass is 16.5. The Kier molecular flexibility index (Phi) is 7.44. The van der Waals surface area contributed by atoms with Gasteiger partial charge in [-0.1, -0.05) is 19.0 Å². The highest BCUT2D eigenvalue weighted by Crippen LogP contribution is 2.08. The fraction of sp³-hybridized carbons (Fsp3) is 0.846. The van der Waals surface area contributed by atoms with E-state index in [-0.39, 0.29) is 24.0 Å². The lowest BCUT2D eigenvalue weighted by molar-refractivity contribution is -0.141. The topological polar surface area (TPSA) is 88.1 Å². The molecule has 1 amide bonds. The van der Waals surface area contributed by atoms with Crippen molar-refractivity contribution < 1.29 is 14.7 Å². The molecule has 0 aliphatic heterocycles. The standard InChI is InChI=1S/C13H27N3O3/c1-10(2)8-16(7-6-11(14)15-18)12(17)9-19-13(3,4)5/h10,18H,6-9H2,1-5H3,(H2,14,15). The van der Waals surface area contributed by atoms with Crippen LogP contribution in [0.4, 0.5) is 0 Å². The summed E-state index contributed by atoms with van der Waals surface area (Å²) in [6, 6.07) is 0. The monoisotopic (exact) mass is 273 g/mol. The first-order chi connectivity index (χ1) is 8.65. The van der Waals surface area contributed by atoms with Gasteiger partial charge < -0.3 is 20.6 Å². The maximum absolute atomic E-state index is 12.1. The molecule has 0 aromatic carbocycles. The molecule has 0 rings (SSSR count). The van der Waals surface area contributed by atoms with E-state index in [0.717, 1.165) is 0 Å². The molecule has 112 valence electrons. The highest BCUT2D eigenvalue weighted by molar-refractivity contribution is 5.81. The lowest BCUT2D eigenvalue weighted by Gasteiger charge is -2.26. The molecule has 0 fully saturated rings. The quantitative estimate of drug-likeness (QED) is 0.318. The van der Waals surface area contributed by atoms with Crippen LogP contribution in [0.25, 0.3) is 0 Å². The Hall–Kier alpha value is -1.30. The summed E-state index contributed by atoms with van der Waals surface area (Å²) in [5.74, 6) is 0.401. The van der Waals surface area contributed by atoms with Crippen LogP contribution < -0.4 is 5.73 Å². The number of ether oxygens (including phenoxy) is 1. The summed E-state index contributed by atoms with van der Waals surface area (Å²) in [7, 11) is 0. The Morgan fingerprint density at radius 1 is 1.42 bits per heavy atom. The van der Waals surface area contributed by atoms with Gasteiger partial charge in [0.2, 0.25) is 5.91 Å². The number of nitrogens with two attached hydrogens (primary N) is 1. The van der Waals surface area contributed by atoms with E-state index in [4.69, 9.17) is 15.7 Å². The average molecular weight is 273 g/mol. The van der Waals surface area contributed by atoms with Crippen molar-refractivity contribution in [2.45, 2.75) is 46.6 Å². The van der Waals surface area contributed by atoms with Crippen molar-refractivity contribution in [2.75, 3.05) is 19.7 Å². The molecule has 0 radical (unpaired) electrons. The molecule has 0 aromatic rings. The minimum Gasteiger partial charge on any atom is -0.409 e. The number of nitrogens with zero attached hydrogens (tertiary/aromatic N) is 2. The molecule has 0 unspecified atom stereocenters. The fourth-order valence-electron chi connectivity index (χ4n) is 1.43. The van der Waals surface area contributed by atoms with E-state index < -0.39 is 0 Å². The number of rotatable bonds is 7. The van der Waals surface area contributed by atoms with Gasteiger partial charge in [0.15, 0.2) is 0 Å². The summed E-state index contributed by atoms with van der Waals surface area (Å²) in [5.41, 5.74) is 5.08. The molecule has 0 saturated heterocycles. The molecular weight excluding hydrogens is 246 g/mol. The number of oxime groups is 1. The SMILES string of the molecule is CC(C)CN(CCC(N)=NO)C(=O)COC(C)(C)C. The van der Waals surface area contributed by atoms with Crippen LogP contribution in [0.2, 0.25) is 0 Å². The Morgan fingerprint density at radius 3 is 2.42 bits per heavy atom. The normalized spacial score (nSPS) is 12.8. The van der Waals surface area contributed by atoms with Gasteiger partial charge >= 0.3 is 0 Å². The Balaban J connectivity index is 4.43. The molecule has 0 atom stereocenters.